The number of rotatable bonds is 14. The van der Waals surface area contributed by atoms with E-state index in [-0.39, 0.29) is 22.2 Å². The monoisotopic (exact) mass is 544 g/mol. The van der Waals surface area contributed by atoms with Crippen LogP contribution in [-0.2, 0) is 19.6 Å². The molecule has 8 nitrogen and oxygen atoms in total. The van der Waals surface area contributed by atoms with Gasteiger partial charge in [-0.1, -0.05) is 43.0 Å². The van der Waals surface area contributed by atoms with Gasteiger partial charge in [0.05, 0.1) is 17.4 Å². The lowest BCUT2D eigenvalue weighted by Gasteiger charge is -2.13. The Labute approximate surface area is 216 Å². The number of hydrogen-bond acceptors (Lipinski definition) is 7. The standard InChI is InChI=1S/C24H30Cl2N2O6S/c1-4-5-6-12-35(30,31)28-23(29)17(2)13-18-8-9-20(33-11-7-10-32-3)15-22(18)34-24-21(26)14-19(25)16-27-24/h8-9,13-16H,4-7,10-12H2,1-3H3,(H,28,29)/b17-13+. The Morgan fingerprint density at radius 2 is 1.91 bits per heavy atom. The number of amides is 1. The van der Waals surface area contributed by atoms with Crippen molar-refractivity contribution in [1.82, 2.24) is 9.71 Å². The van der Waals surface area contributed by atoms with Crippen molar-refractivity contribution >= 4 is 45.2 Å². The summed E-state index contributed by atoms with van der Waals surface area (Å²) in [7, 11) is -2.11. The first-order chi connectivity index (χ1) is 16.6. The molecule has 0 atom stereocenters. The van der Waals surface area contributed by atoms with E-state index in [0.717, 1.165) is 12.8 Å². The molecule has 192 valence electrons. The molecule has 2 rings (SSSR count). The smallest absolute Gasteiger partial charge is 0.260 e. The highest BCUT2D eigenvalue weighted by molar-refractivity contribution is 7.90. The molecule has 1 aromatic carbocycles. The van der Waals surface area contributed by atoms with Crippen molar-refractivity contribution in [1.29, 1.82) is 0 Å². The number of nitrogens with zero attached hydrogens (tertiary/aromatic N) is 1. The van der Waals surface area contributed by atoms with Crippen molar-refractivity contribution in [2.24, 2.45) is 0 Å². The second-order valence-electron chi connectivity index (χ2n) is 7.72. The average molecular weight is 545 g/mol. The van der Waals surface area contributed by atoms with Crippen LogP contribution in [0.2, 0.25) is 10.0 Å². The summed E-state index contributed by atoms with van der Waals surface area (Å²) < 4.78 is 43.2. The minimum atomic E-state index is -3.72. The number of sulfonamides is 1. The summed E-state index contributed by atoms with van der Waals surface area (Å²) in [6, 6.07) is 6.54. The molecular weight excluding hydrogens is 515 g/mol. The van der Waals surface area contributed by atoms with Gasteiger partial charge in [0.1, 0.15) is 16.5 Å². The van der Waals surface area contributed by atoms with Gasteiger partial charge in [0.25, 0.3) is 5.91 Å². The number of benzene rings is 1. The first-order valence-electron chi connectivity index (χ1n) is 11.1. The van der Waals surface area contributed by atoms with Crippen LogP contribution in [0.15, 0.2) is 36.0 Å². The molecule has 2 aromatic rings. The Hall–Kier alpha value is -2.33. The predicted octanol–water partition coefficient (Wildman–Crippen LogP) is 5.64. The lowest BCUT2D eigenvalue weighted by Crippen LogP contribution is -2.33. The van der Waals surface area contributed by atoms with Crippen molar-refractivity contribution in [3.63, 3.8) is 0 Å². The Morgan fingerprint density at radius 1 is 1.14 bits per heavy atom. The van der Waals surface area contributed by atoms with Crippen molar-refractivity contribution < 1.29 is 27.4 Å². The molecule has 0 aliphatic carbocycles. The molecule has 0 fully saturated rings. The molecule has 0 aliphatic heterocycles. The van der Waals surface area contributed by atoms with Crippen LogP contribution in [0.4, 0.5) is 0 Å². The summed E-state index contributed by atoms with van der Waals surface area (Å²) in [5.41, 5.74) is 0.677. The predicted molar refractivity (Wildman–Crippen MR) is 138 cm³/mol. The molecule has 11 heteroatoms. The van der Waals surface area contributed by atoms with Crippen molar-refractivity contribution in [3.8, 4) is 17.4 Å². The molecule has 35 heavy (non-hydrogen) atoms. The number of nitrogens with one attached hydrogen (secondary N) is 1. The second-order valence-corrected chi connectivity index (χ2v) is 10.4. The first kappa shape index (κ1) is 28.9. The Kier molecular flexibility index (Phi) is 11.8. The van der Waals surface area contributed by atoms with E-state index in [1.807, 2.05) is 6.92 Å². The molecule has 1 amide bonds. The molecule has 0 unspecified atom stereocenters. The van der Waals surface area contributed by atoms with Crippen molar-refractivity contribution in [3.05, 3.63) is 51.6 Å². The first-order valence-corrected chi connectivity index (χ1v) is 13.5. The van der Waals surface area contributed by atoms with Crippen LogP contribution in [0.1, 0.15) is 45.1 Å². The fourth-order valence-corrected chi connectivity index (χ4v) is 4.45. The van der Waals surface area contributed by atoms with E-state index in [0.29, 0.717) is 48.1 Å². The fourth-order valence-electron chi connectivity index (χ4n) is 2.90. The van der Waals surface area contributed by atoms with Gasteiger partial charge in [-0.15, -0.1) is 0 Å². The molecule has 1 aromatic heterocycles. The summed E-state index contributed by atoms with van der Waals surface area (Å²) in [6.07, 6.45) is 5.75. The lowest BCUT2D eigenvalue weighted by atomic mass is 10.1. The Balaban J connectivity index is 2.29. The highest BCUT2D eigenvalue weighted by Gasteiger charge is 2.17. The third-order valence-electron chi connectivity index (χ3n) is 4.72. The number of methoxy groups -OCH3 is 1. The van der Waals surface area contributed by atoms with Gasteiger partial charge in [0, 0.05) is 43.5 Å². The van der Waals surface area contributed by atoms with E-state index in [1.54, 1.807) is 25.3 Å². The maximum Gasteiger partial charge on any atom is 0.260 e. The number of halogens is 2. The Morgan fingerprint density at radius 3 is 2.60 bits per heavy atom. The minimum Gasteiger partial charge on any atom is -0.493 e. The molecule has 1 N–H and O–H groups in total. The molecular formula is C24H30Cl2N2O6S. The normalized spacial score (nSPS) is 11.9. The Bertz CT molecular complexity index is 1140. The van der Waals surface area contributed by atoms with Crippen molar-refractivity contribution in [2.75, 3.05) is 26.1 Å². The largest absolute Gasteiger partial charge is 0.493 e. The van der Waals surface area contributed by atoms with Crippen LogP contribution in [0.3, 0.4) is 0 Å². The van der Waals surface area contributed by atoms with Gasteiger partial charge in [-0.2, -0.15) is 0 Å². The van der Waals surface area contributed by atoms with Gasteiger partial charge >= 0.3 is 0 Å². The molecule has 0 bridgehead atoms. The number of aromatic nitrogens is 1. The zero-order chi connectivity index (χ0) is 25.8. The van der Waals surface area contributed by atoms with Gasteiger partial charge < -0.3 is 14.2 Å². The van der Waals surface area contributed by atoms with Crippen LogP contribution in [0, 0.1) is 0 Å². The third kappa shape index (κ3) is 10.0. The summed E-state index contributed by atoms with van der Waals surface area (Å²) in [5.74, 6) is 0.130. The lowest BCUT2D eigenvalue weighted by molar-refractivity contribution is -0.115. The van der Waals surface area contributed by atoms with Gasteiger partial charge in [0.15, 0.2) is 0 Å². The molecule has 0 aliphatic rings. The summed E-state index contributed by atoms with van der Waals surface area (Å²) in [5, 5.41) is 0.553. The van der Waals surface area contributed by atoms with Crippen LogP contribution >= 0.6 is 23.2 Å². The van der Waals surface area contributed by atoms with Crippen molar-refractivity contribution in [2.45, 2.75) is 39.5 Å². The van der Waals surface area contributed by atoms with Gasteiger partial charge in [0.2, 0.25) is 15.9 Å². The van der Waals surface area contributed by atoms with Gasteiger partial charge in [-0.25, -0.2) is 18.1 Å². The number of pyridine rings is 1. The molecule has 0 radical (unpaired) electrons. The number of unbranched alkanes of at least 4 members (excludes halogenated alkanes) is 2. The van der Waals surface area contributed by atoms with Crippen LogP contribution in [-0.4, -0.2) is 45.4 Å². The molecule has 0 saturated heterocycles. The van der Waals surface area contributed by atoms with E-state index in [2.05, 4.69) is 9.71 Å². The number of carbonyl (C=O) groups excluding carboxylic acids is 1. The van der Waals surface area contributed by atoms with Crippen LogP contribution in [0.5, 0.6) is 17.4 Å². The summed E-state index contributed by atoms with van der Waals surface area (Å²) in [6.45, 7) is 4.48. The number of hydrogen-bond donors (Lipinski definition) is 1. The molecule has 0 saturated carbocycles. The maximum atomic E-state index is 12.5. The van der Waals surface area contributed by atoms with E-state index in [4.69, 9.17) is 37.4 Å². The minimum absolute atomic E-state index is 0.107. The topological polar surface area (TPSA) is 104 Å². The van der Waals surface area contributed by atoms with Crippen LogP contribution < -0.4 is 14.2 Å². The van der Waals surface area contributed by atoms with E-state index < -0.39 is 15.9 Å². The quantitative estimate of drug-likeness (QED) is 0.242. The van der Waals surface area contributed by atoms with Crippen LogP contribution in [0.25, 0.3) is 6.08 Å². The second kappa shape index (κ2) is 14.3. The number of carbonyl (C=O) groups is 1. The number of ether oxygens (including phenoxy) is 3. The zero-order valence-corrected chi connectivity index (χ0v) is 22.3. The average Bonchev–Trinajstić information content (AvgIpc) is 2.79. The summed E-state index contributed by atoms with van der Waals surface area (Å²) in [4.78, 5) is 16.6. The highest BCUT2D eigenvalue weighted by Crippen LogP contribution is 2.34. The van der Waals surface area contributed by atoms with E-state index in [1.165, 1.54) is 25.3 Å². The highest BCUT2D eigenvalue weighted by atomic mass is 35.5. The zero-order valence-electron chi connectivity index (χ0n) is 20.0. The SMILES string of the molecule is CCCCCS(=O)(=O)NC(=O)/C(C)=C/c1ccc(OCCCOC)cc1Oc1ncc(Cl)cc1Cl. The van der Waals surface area contributed by atoms with Gasteiger partial charge in [-0.3, -0.25) is 4.79 Å². The maximum absolute atomic E-state index is 12.5. The third-order valence-corrected chi connectivity index (χ3v) is 6.52. The van der Waals surface area contributed by atoms with Gasteiger partial charge in [-0.05, 0) is 37.6 Å². The fraction of sp³-hybridized carbons (Fsp3) is 0.417. The van der Waals surface area contributed by atoms with E-state index in [9.17, 15) is 13.2 Å². The summed E-state index contributed by atoms with van der Waals surface area (Å²) >= 11 is 12.1. The van der Waals surface area contributed by atoms with E-state index >= 15 is 0 Å². The molecule has 1 heterocycles. The molecule has 0 spiro atoms.